The molecule has 0 bridgehead atoms. The van der Waals surface area contributed by atoms with Crippen LogP contribution in [-0.4, -0.2) is 54.0 Å². The van der Waals surface area contributed by atoms with E-state index in [-0.39, 0.29) is 18.6 Å². The number of nitrogens with zero attached hydrogens (tertiary/aromatic N) is 1. The molecule has 2 aromatic rings. The molecular formula is C28H36N2O5. The number of aryl methyl sites for hydroxylation is 1. The van der Waals surface area contributed by atoms with Crippen molar-refractivity contribution in [2.45, 2.75) is 70.5 Å². The predicted octanol–water partition coefficient (Wildman–Crippen LogP) is 3.51. The molecule has 0 spiro atoms. The van der Waals surface area contributed by atoms with Gasteiger partial charge in [-0.1, -0.05) is 12.1 Å². The molecule has 2 aromatic carbocycles. The molecule has 0 unspecified atom stereocenters. The van der Waals surface area contributed by atoms with Gasteiger partial charge in [0.05, 0.1) is 12.7 Å². The number of benzene rings is 2. The highest BCUT2D eigenvalue weighted by atomic mass is 16.7. The van der Waals surface area contributed by atoms with Crippen LogP contribution in [0.3, 0.4) is 0 Å². The van der Waals surface area contributed by atoms with Crippen molar-refractivity contribution in [3.05, 3.63) is 58.7 Å². The second-order valence-corrected chi connectivity index (χ2v) is 10.3. The molecule has 2 atom stereocenters. The minimum Gasteiger partial charge on any atom is -0.484 e. The molecule has 188 valence electrons. The van der Waals surface area contributed by atoms with Crippen molar-refractivity contribution in [3.63, 3.8) is 0 Å². The van der Waals surface area contributed by atoms with Gasteiger partial charge in [0.25, 0.3) is 5.91 Å². The number of hydrogen-bond acceptors (Lipinski definition) is 6. The Morgan fingerprint density at radius 3 is 2.83 bits per heavy atom. The van der Waals surface area contributed by atoms with Gasteiger partial charge in [-0.05, 0) is 73.1 Å². The van der Waals surface area contributed by atoms with E-state index in [0.717, 1.165) is 67.8 Å². The normalized spacial score (nSPS) is 21.6. The van der Waals surface area contributed by atoms with Crippen LogP contribution in [0.25, 0.3) is 0 Å². The summed E-state index contributed by atoms with van der Waals surface area (Å²) in [5, 5.41) is 14.4. The first-order chi connectivity index (χ1) is 16.9. The monoisotopic (exact) mass is 480 g/mol. The van der Waals surface area contributed by atoms with Crippen LogP contribution >= 0.6 is 0 Å². The Bertz CT molecular complexity index is 1060. The van der Waals surface area contributed by atoms with Gasteiger partial charge in [0, 0.05) is 45.1 Å². The number of hydrogen-bond donors (Lipinski definition) is 2. The third-order valence-electron chi connectivity index (χ3n) is 7.23. The lowest BCUT2D eigenvalue weighted by Crippen LogP contribution is -2.37. The van der Waals surface area contributed by atoms with E-state index in [0.29, 0.717) is 13.2 Å². The van der Waals surface area contributed by atoms with Crippen LogP contribution in [0.5, 0.6) is 11.5 Å². The van der Waals surface area contributed by atoms with Crippen molar-refractivity contribution >= 4 is 5.91 Å². The van der Waals surface area contributed by atoms with Gasteiger partial charge in [0.2, 0.25) is 5.79 Å². The molecule has 35 heavy (non-hydrogen) atoms. The van der Waals surface area contributed by atoms with E-state index in [1.54, 1.807) is 0 Å². The van der Waals surface area contributed by atoms with Gasteiger partial charge >= 0.3 is 0 Å². The number of amides is 1. The fraction of sp³-hybridized carbons (Fsp3) is 0.536. The van der Waals surface area contributed by atoms with Gasteiger partial charge in [0.1, 0.15) is 11.5 Å². The smallest absolute Gasteiger partial charge is 0.260 e. The van der Waals surface area contributed by atoms with Gasteiger partial charge in [0.15, 0.2) is 6.61 Å². The number of likely N-dealkylation sites (tertiary alicyclic amines) is 1. The number of nitrogens with one attached hydrogen (secondary N) is 1. The molecule has 7 nitrogen and oxygen atoms in total. The summed E-state index contributed by atoms with van der Waals surface area (Å²) in [6, 6.07) is 12.3. The highest BCUT2D eigenvalue weighted by Crippen LogP contribution is 2.33. The fourth-order valence-corrected chi connectivity index (χ4v) is 5.16. The van der Waals surface area contributed by atoms with E-state index in [1.807, 2.05) is 43.0 Å². The van der Waals surface area contributed by atoms with Crippen molar-refractivity contribution in [1.82, 2.24) is 10.2 Å². The lowest BCUT2D eigenvalue weighted by Gasteiger charge is -2.33. The summed E-state index contributed by atoms with van der Waals surface area (Å²) in [5.74, 6) is 1.01. The lowest BCUT2D eigenvalue weighted by atomic mass is 9.88. The summed E-state index contributed by atoms with van der Waals surface area (Å²) in [6.07, 6.45) is 4.44. The average molecular weight is 481 g/mol. The van der Waals surface area contributed by atoms with E-state index in [9.17, 15) is 9.90 Å². The molecule has 0 aromatic heterocycles. The highest BCUT2D eigenvalue weighted by Gasteiger charge is 2.28. The number of aliphatic hydroxyl groups is 1. The van der Waals surface area contributed by atoms with Crippen molar-refractivity contribution in [2.75, 3.05) is 26.2 Å². The number of ether oxygens (including phenoxy) is 3. The molecule has 5 rings (SSSR count). The summed E-state index contributed by atoms with van der Waals surface area (Å²) in [7, 11) is 0. The van der Waals surface area contributed by atoms with E-state index >= 15 is 0 Å². The van der Waals surface area contributed by atoms with Crippen LogP contribution in [0.1, 0.15) is 61.5 Å². The summed E-state index contributed by atoms with van der Waals surface area (Å²) in [4.78, 5) is 14.2. The van der Waals surface area contributed by atoms with Crippen LogP contribution < -0.4 is 14.8 Å². The summed E-state index contributed by atoms with van der Waals surface area (Å²) in [6.45, 7) is 6.53. The standard InChI is InChI=1S/C28H36N2O5/c1-28(2)34-17-22-13-20(7-10-26(22)35-28)25(31)16-29-23-8-5-19-6-9-24(15-21(19)14-23)33-18-27(32)30-11-3-4-12-30/h6-7,9-10,13,15,23,25,29,31H,3-5,8,11-12,14,16-18H2,1-2H3/t23-,25+/m0/s1. The number of aliphatic hydroxyl groups excluding tert-OH is 1. The molecular weight excluding hydrogens is 444 g/mol. The second kappa shape index (κ2) is 10.2. The SMILES string of the molecule is CC1(C)OCc2cc([C@H](O)CN[C@H]3CCc4ccc(OCC(=O)N5CCCC5)cc4C3)ccc2O1. The fourth-order valence-electron chi connectivity index (χ4n) is 5.16. The lowest BCUT2D eigenvalue weighted by molar-refractivity contribution is -0.180. The van der Waals surface area contributed by atoms with Gasteiger partial charge in [-0.15, -0.1) is 0 Å². The third-order valence-corrected chi connectivity index (χ3v) is 7.23. The first kappa shape index (κ1) is 24.1. The molecule has 2 aliphatic heterocycles. The molecule has 1 amide bonds. The van der Waals surface area contributed by atoms with E-state index in [1.165, 1.54) is 11.1 Å². The minimum absolute atomic E-state index is 0.0674. The topological polar surface area (TPSA) is 80.3 Å². The van der Waals surface area contributed by atoms with Gasteiger partial charge in [-0.2, -0.15) is 0 Å². The number of fused-ring (bicyclic) bond motifs is 2. The van der Waals surface area contributed by atoms with Crippen molar-refractivity contribution in [1.29, 1.82) is 0 Å². The maximum atomic E-state index is 12.3. The molecule has 3 aliphatic rings. The number of carbonyl (C=O) groups excluding carboxylic acids is 1. The van der Waals surface area contributed by atoms with Crippen molar-refractivity contribution in [2.24, 2.45) is 0 Å². The summed E-state index contributed by atoms with van der Waals surface area (Å²) < 4.78 is 17.4. The zero-order valence-corrected chi connectivity index (χ0v) is 20.7. The maximum absolute atomic E-state index is 12.3. The average Bonchev–Trinajstić information content (AvgIpc) is 3.40. The highest BCUT2D eigenvalue weighted by molar-refractivity contribution is 5.78. The zero-order chi connectivity index (χ0) is 24.4. The van der Waals surface area contributed by atoms with Gasteiger partial charge < -0.3 is 29.5 Å². The zero-order valence-electron chi connectivity index (χ0n) is 20.7. The Hall–Kier alpha value is -2.61. The molecule has 0 radical (unpaired) electrons. The minimum atomic E-state index is -0.625. The van der Waals surface area contributed by atoms with Crippen LogP contribution in [0.15, 0.2) is 36.4 Å². The van der Waals surface area contributed by atoms with Gasteiger partial charge in [-0.3, -0.25) is 4.79 Å². The van der Waals surface area contributed by atoms with Crippen molar-refractivity contribution < 1.29 is 24.1 Å². The first-order valence-electron chi connectivity index (χ1n) is 12.8. The summed E-state index contributed by atoms with van der Waals surface area (Å²) >= 11 is 0. The Balaban J connectivity index is 1.14. The van der Waals surface area contributed by atoms with E-state index in [4.69, 9.17) is 14.2 Å². The van der Waals surface area contributed by atoms with Crippen LogP contribution in [0.4, 0.5) is 0 Å². The van der Waals surface area contributed by atoms with E-state index in [2.05, 4.69) is 17.4 Å². The van der Waals surface area contributed by atoms with Crippen LogP contribution in [0, 0.1) is 0 Å². The predicted molar refractivity (Wildman–Crippen MR) is 132 cm³/mol. The Labute approximate surface area is 207 Å². The molecule has 1 saturated heterocycles. The first-order valence-corrected chi connectivity index (χ1v) is 12.8. The number of carbonyl (C=O) groups is 1. The molecule has 0 saturated carbocycles. The Morgan fingerprint density at radius 1 is 1.17 bits per heavy atom. The molecule has 2 heterocycles. The van der Waals surface area contributed by atoms with Crippen LogP contribution in [-0.2, 0) is 29.0 Å². The van der Waals surface area contributed by atoms with Crippen molar-refractivity contribution in [3.8, 4) is 11.5 Å². The Morgan fingerprint density at radius 2 is 2.00 bits per heavy atom. The largest absolute Gasteiger partial charge is 0.484 e. The second-order valence-electron chi connectivity index (χ2n) is 10.3. The Kier molecular flexibility index (Phi) is 7.00. The molecule has 2 N–H and O–H groups in total. The maximum Gasteiger partial charge on any atom is 0.260 e. The summed E-state index contributed by atoms with van der Waals surface area (Å²) in [5.41, 5.74) is 4.40. The quantitative estimate of drug-likeness (QED) is 0.631. The van der Waals surface area contributed by atoms with Gasteiger partial charge in [-0.25, -0.2) is 0 Å². The third kappa shape index (κ3) is 5.80. The molecule has 1 fully saturated rings. The van der Waals surface area contributed by atoms with Crippen LogP contribution in [0.2, 0.25) is 0 Å². The van der Waals surface area contributed by atoms with E-state index < -0.39 is 11.9 Å². The molecule has 7 heteroatoms. The number of rotatable bonds is 7. The molecule has 1 aliphatic carbocycles.